The number of azide groups is 1. The molecule has 0 aliphatic rings. The van der Waals surface area contributed by atoms with E-state index < -0.39 is 23.8 Å². The standard InChI is InChI=1S/C29H24Cl2N8O5/c1-43-20-8-10-34-25(14-20)36-27(40)21-7-6-17(11-22(21)31)16-39(24(29(42)44-2)13-19-5-3-4-9-33-19)28(41)26-23(37-38-32)12-18(30)15-35-26/h3-12,14-15,24H,13,16H2,1-2H3,(H,34,36,40). The van der Waals surface area contributed by atoms with E-state index in [0.717, 1.165) is 0 Å². The molecule has 3 aromatic heterocycles. The first-order valence-corrected chi connectivity index (χ1v) is 13.6. The molecule has 2 amide bonds. The van der Waals surface area contributed by atoms with Crippen molar-refractivity contribution < 1.29 is 23.9 Å². The third-order valence-electron chi connectivity index (χ3n) is 6.27. The molecule has 44 heavy (non-hydrogen) atoms. The van der Waals surface area contributed by atoms with Crippen LogP contribution in [0.15, 0.2) is 78.3 Å². The van der Waals surface area contributed by atoms with Gasteiger partial charge >= 0.3 is 5.97 Å². The van der Waals surface area contributed by atoms with Crippen molar-refractivity contribution in [3.8, 4) is 5.75 Å². The van der Waals surface area contributed by atoms with Crippen molar-refractivity contribution in [3.05, 3.63) is 116 Å². The van der Waals surface area contributed by atoms with Gasteiger partial charge in [0, 0.05) is 48.2 Å². The SMILES string of the molecule is COC(=O)C(Cc1ccccn1)N(Cc1ccc(C(=O)Nc2cc(OC)ccn2)c(Cl)c1)C(=O)c1ncc(Cl)cc1N=[N+]=[N-]. The quantitative estimate of drug-likeness (QED) is 0.0931. The highest BCUT2D eigenvalue weighted by molar-refractivity contribution is 6.34. The molecule has 4 rings (SSSR count). The number of nitrogens with zero attached hydrogens (tertiary/aromatic N) is 7. The zero-order chi connectivity index (χ0) is 31.6. The minimum atomic E-state index is -1.18. The van der Waals surface area contributed by atoms with Gasteiger partial charge in [-0.25, -0.2) is 14.8 Å². The maximum absolute atomic E-state index is 14.0. The van der Waals surface area contributed by atoms with E-state index in [9.17, 15) is 14.4 Å². The predicted molar refractivity (Wildman–Crippen MR) is 162 cm³/mol. The van der Waals surface area contributed by atoms with Crippen LogP contribution in [0.2, 0.25) is 10.0 Å². The predicted octanol–water partition coefficient (Wildman–Crippen LogP) is 5.81. The Bertz CT molecular complexity index is 1730. The molecule has 1 unspecified atom stereocenters. The van der Waals surface area contributed by atoms with E-state index in [1.165, 1.54) is 49.7 Å². The lowest BCUT2D eigenvalue weighted by Gasteiger charge is -2.30. The number of benzene rings is 1. The fraction of sp³-hybridized carbons (Fsp3) is 0.172. The van der Waals surface area contributed by atoms with Crippen LogP contribution in [0.5, 0.6) is 5.75 Å². The van der Waals surface area contributed by atoms with E-state index in [2.05, 4.69) is 30.3 Å². The second-order valence-electron chi connectivity index (χ2n) is 9.06. The Hall–Kier alpha value is -5.23. The molecule has 0 bridgehead atoms. The molecule has 224 valence electrons. The molecule has 4 aromatic rings. The van der Waals surface area contributed by atoms with Crippen molar-refractivity contribution >= 4 is 52.5 Å². The normalized spacial score (nSPS) is 11.1. The van der Waals surface area contributed by atoms with Crippen LogP contribution in [0.1, 0.15) is 32.1 Å². The molecule has 0 aliphatic carbocycles. The molecule has 0 spiro atoms. The minimum absolute atomic E-state index is 0.00848. The van der Waals surface area contributed by atoms with Crippen molar-refractivity contribution in [1.29, 1.82) is 0 Å². The molecule has 1 aromatic carbocycles. The van der Waals surface area contributed by atoms with Crippen LogP contribution in [0.3, 0.4) is 0 Å². The average Bonchev–Trinajstić information content (AvgIpc) is 3.03. The number of rotatable bonds is 11. The Morgan fingerprint density at radius 2 is 1.86 bits per heavy atom. The molecule has 0 fully saturated rings. The van der Waals surface area contributed by atoms with Crippen LogP contribution < -0.4 is 10.1 Å². The molecule has 0 radical (unpaired) electrons. The average molecular weight is 635 g/mol. The molecule has 0 aliphatic heterocycles. The van der Waals surface area contributed by atoms with Crippen molar-refractivity contribution in [2.45, 2.75) is 19.0 Å². The number of esters is 1. The molecule has 13 nitrogen and oxygen atoms in total. The monoisotopic (exact) mass is 634 g/mol. The van der Waals surface area contributed by atoms with Crippen molar-refractivity contribution in [3.63, 3.8) is 0 Å². The molecule has 1 atom stereocenters. The molecule has 15 heteroatoms. The number of amides is 2. The van der Waals surface area contributed by atoms with Gasteiger partial charge in [0.15, 0.2) is 0 Å². The number of ether oxygens (including phenoxy) is 2. The van der Waals surface area contributed by atoms with Crippen LogP contribution in [0.25, 0.3) is 10.4 Å². The summed E-state index contributed by atoms with van der Waals surface area (Å²) in [6, 6.07) is 13.0. The minimum Gasteiger partial charge on any atom is -0.497 e. The van der Waals surface area contributed by atoms with Crippen molar-refractivity contribution in [2.24, 2.45) is 5.11 Å². The Morgan fingerprint density at radius 3 is 2.55 bits per heavy atom. The summed E-state index contributed by atoms with van der Waals surface area (Å²) in [7, 11) is 2.69. The molecular formula is C29H24Cl2N8O5. The van der Waals surface area contributed by atoms with Gasteiger partial charge in [0.25, 0.3) is 11.8 Å². The maximum atomic E-state index is 14.0. The summed E-state index contributed by atoms with van der Waals surface area (Å²) in [5, 5.41) is 6.43. The summed E-state index contributed by atoms with van der Waals surface area (Å²) in [5.74, 6) is -1.24. The van der Waals surface area contributed by atoms with Gasteiger partial charge in [0.05, 0.1) is 35.5 Å². The summed E-state index contributed by atoms with van der Waals surface area (Å²) in [4.78, 5) is 56.5. The number of carbonyl (C=O) groups is 3. The van der Waals surface area contributed by atoms with E-state index in [-0.39, 0.29) is 45.8 Å². The Balaban J connectivity index is 1.71. The number of halogens is 2. The van der Waals surface area contributed by atoms with E-state index >= 15 is 0 Å². The van der Waals surface area contributed by atoms with E-state index in [4.69, 9.17) is 38.2 Å². The smallest absolute Gasteiger partial charge is 0.329 e. The van der Waals surface area contributed by atoms with Gasteiger partial charge in [-0.05, 0) is 47.5 Å². The number of carbonyl (C=O) groups excluding carboxylic acids is 3. The molecule has 0 saturated heterocycles. The zero-order valence-electron chi connectivity index (χ0n) is 23.3. The Labute approximate surface area is 261 Å². The van der Waals surface area contributed by atoms with Crippen LogP contribution in [-0.2, 0) is 22.5 Å². The van der Waals surface area contributed by atoms with Gasteiger partial charge in [-0.2, -0.15) is 0 Å². The lowest BCUT2D eigenvalue weighted by atomic mass is 10.0. The lowest BCUT2D eigenvalue weighted by Crippen LogP contribution is -2.47. The summed E-state index contributed by atoms with van der Waals surface area (Å²) in [5.41, 5.74) is 9.81. The number of aromatic nitrogens is 3. The third kappa shape index (κ3) is 7.78. The van der Waals surface area contributed by atoms with Gasteiger partial charge in [0.2, 0.25) is 0 Å². The first-order chi connectivity index (χ1) is 21.2. The van der Waals surface area contributed by atoms with Gasteiger partial charge in [-0.1, -0.05) is 40.4 Å². The van der Waals surface area contributed by atoms with E-state index in [1.54, 1.807) is 42.6 Å². The third-order valence-corrected chi connectivity index (χ3v) is 6.79. The first-order valence-electron chi connectivity index (χ1n) is 12.8. The summed E-state index contributed by atoms with van der Waals surface area (Å²) < 4.78 is 10.2. The number of pyridine rings is 3. The Kier molecular flexibility index (Phi) is 10.7. The van der Waals surface area contributed by atoms with Gasteiger partial charge in [0.1, 0.15) is 23.3 Å². The fourth-order valence-corrected chi connectivity index (χ4v) is 4.62. The van der Waals surface area contributed by atoms with E-state index in [0.29, 0.717) is 17.0 Å². The Morgan fingerprint density at radius 1 is 1.05 bits per heavy atom. The van der Waals surface area contributed by atoms with Crippen molar-refractivity contribution in [2.75, 3.05) is 19.5 Å². The van der Waals surface area contributed by atoms with E-state index in [1.807, 2.05) is 0 Å². The number of anilines is 1. The summed E-state index contributed by atoms with van der Waals surface area (Å²) in [6.07, 6.45) is 4.25. The largest absolute Gasteiger partial charge is 0.497 e. The highest BCUT2D eigenvalue weighted by Gasteiger charge is 2.34. The molecule has 3 heterocycles. The fourth-order valence-electron chi connectivity index (χ4n) is 4.18. The highest BCUT2D eigenvalue weighted by atomic mass is 35.5. The van der Waals surface area contributed by atoms with Crippen LogP contribution in [0.4, 0.5) is 11.5 Å². The van der Waals surface area contributed by atoms with Crippen LogP contribution in [0, 0.1) is 0 Å². The van der Waals surface area contributed by atoms with Gasteiger partial charge in [-0.15, -0.1) is 0 Å². The van der Waals surface area contributed by atoms with Gasteiger partial charge in [-0.3, -0.25) is 14.6 Å². The number of methoxy groups -OCH3 is 2. The number of hydrogen-bond acceptors (Lipinski definition) is 9. The number of nitrogens with one attached hydrogen (secondary N) is 1. The second kappa shape index (κ2) is 14.8. The topological polar surface area (TPSA) is 172 Å². The molecule has 0 saturated carbocycles. The summed E-state index contributed by atoms with van der Waals surface area (Å²) in [6.45, 7) is -0.176. The zero-order valence-corrected chi connectivity index (χ0v) is 24.9. The highest BCUT2D eigenvalue weighted by Crippen LogP contribution is 2.27. The number of hydrogen-bond donors (Lipinski definition) is 1. The van der Waals surface area contributed by atoms with Crippen molar-refractivity contribution in [1.82, 2.24) is 19.9 Å². The first kappa shape index (κ1) is 31.7. The second-order valence-corrected chi connectivity index (χ2v) is 9.90. The maximum Gasteiger partial charge on any atom is 0.329 e. The summed E-state index contributed by atoms with van der Waals surface area (Å²) >= 11 is 12.5. The van der Waals surface area contributed by atoms with Crippen LogP contribution in [-0.4, -0.2) is 57.9 Å². The molecule has 1 N–H and O–H groups in total. The molecular weight excluding hydrogens is 611 g/mol. The lowest BCUT2D eigenvalue weighted by molar-refractivity contribution is -0.146. The van der Waals surface area contributed by atoms with Crippen LogP contribution >= 0.6 is 23.2 Å². The van der Waals surface area contributed by atoms with Gasteiger partial charge < -0.3 is 19.7 Å².